The molecule has 0 aromatic carbocycles. The maximum Gasteiger partial charge on any atom is 0.0847 e. The third-order valence-corrected chi connectivity index (χ3v) is 4.11. The summed E-state index contributed by atoms with van der Waals surface area (Å²) in [5, 5.41) is 5.12. The zero-order valence-corrected chi connectivity index (χ0v) is 13.7. The Morgan fingerprint density at radius 1 is 1.50 bits per heavy atom. The molecule has 2 aromatic rings. The minimum atomic E-state index is -0.0705. The van der Waals surface area contributed by atoms with Gasteiger partial charge in [0.15, 0.2) is 0 Å². The maximum atomic E-state index is 6.34. The van der Waals surface area contributed by atoms with Gasteiger partial charge in [0, 0.05) is 29.8 Å². The predicted octanol–water partition coefficient (Wildman–Crippen LogP) is 2.77. The third-order valence-electron chi connectivity index (χ3n) is 3.18. The average Bonchev–Trinajstić information content (AvgIpc) is 2.71. The lowest BCUT2D eigenvalue weighted by atomic mass is 10.0. The van der Waals surface area contributed by atoms with E-state index in [4.69, 9.17) is 17.4 Å². The summed E-state index contributed by atoms with van der Waals surface area (Å²) < 4.78 is 2.83. The number of hydrogen-bond acceptors (Lipinski definition) is 4. The van der Waals surface area contributed by atoms with Crippen LogP contribution in [0.5, 0.6) is 0 Å². The lowest BCUT2D eigenvalue weighted by Gasteiger charge is -2.17. The molecule has 0 amide bonds. The Hall–Kier alpha value is -0.950. The van der Waals surface area contributed by atoms with E-state index in [0.29, 0.717) is 11.4 Å². The molecular weight excluding hydrogens is 342 g/mol. The number of nitrogens with one attached hydrogen (secondary N) is 1. The van der Waals surface area contributed by atoms with Crippen molar-refractivity contribution in [2.24, 2.45) is 5.84 Å². The van der Waals surface area contributed by atoms with Gasteiger partial charge in [-0.25, -0.2) is 0 Å². The van der Waals surface area contributed by atoms with E-state index in [2.05, 4.69) is 31.4 Å². The summed E-state index contributed by atoms with van der Waals surface area (Å²) in [6, 6.07) is 1.92. The van der Waals surface area contributed by atoms with Crippen LogP contribution in [0.3, 0.4) is 0 Å². The summed E-state index contributed by atoms with van der Waals surface area (Å²) in [7, 11) is 0. The Morgan fingerprint density at radius 2 is 2.25 bits per heavy atom. The Labute approximate surface area is 131 Å². The van der Waals surface area contributed by atoms with Gasteiger partial charge in [0.2, 0.25) is 0 Å². The van der Waals surface area contributed by atoms with Crippen LogP contribution in [0, 0.1) is 6.92 Å². The van der Waals surface area contributed by atoms with Gasteiger partial charge in [-0.15, -0.1) is 0 Å². The molecule has 0 spiro atoms. The monoisotopic (exact) mass is 357 g/mol. The number of nitrogens with two attached hydrogens (primary N) is 1. The van der Waals surface area contributed by atoms with Crippen LogP contribution in [0.15, 0.2) is 22.9 Å². The van der Waals surface area contributed by atoms with Crippen molar-refractivity contribution in [2.45, 2.75) is 32.9 Å². The van der Waals surface area contributed by atoms with E-state index in [1.807, 2.05) is 24.6 Å². The standard InChI is InChI=1S/C13H17BrClN5/c1-3-20-12(13(15)8(2)19-20)5-11(18-16)9-4-10(14)7-17-6-9/h4,6-7,11,18H,3,5,16H2,1-2H3. The number of pyridine rings is 1. The second kappa shape index (κ2) is 6.67. The van der Waals surface area contributed by atoms with E-state index in [1.165, 1.54) is 0 Å². The molecule has 0 aliphatic carbocycles. The molecule has 5 nitrogen and oxygen atoms in total. The number of nitrogens with zero attached hydrogens (tertiary/aromatic N) is 3. The first-order chi connectivity index (χ1) is 9.56. The number of halogens is 2. The van der Waals surface area contributed by atoms with Crippen LogP contribution >= 0.6 is 27.5 Å². The van der Waals surface area contributed by atoms with Gasteiger partial charge in [0.1, 0.15) is 0 Å². The van der Waals surface area contributed by atoms with Gasteiger partial charge in [0.05, 0.1) is 22.5 Å². The minimum absolute atomic E-state index is 0.0705. The fourth-order valence-electron chi connectivity index (χ4n) is 2.15. The highest BCUT2D eigenvalue weighted by Crippen LogP contribution is 2.26. The Bertz CT molecular complexity index is 598. The van der Waals surface area contributed by atoms with Crippen molar-refractivity contribution in [2.75, 3.05) is 0 Å². The van der Waals surface area contributed by atoms with Gasteiger partial charge in [0.25, 0.3) is 0 Å². The second-order valence-corrected chi connectivity index (χ2v) is 5.82. The molecule has 20 heavy (non-hydrogen) atoms. The largest absolute Gasteiger partial charge is 0.271 e. The number of hydrogen-bond donors (Lipinski definition) is 2. The summed E-state index contributed by atoms with van der Waals surface area (Å²) in [6.07, 6.45) is 4.19. The maximum absolute atomic E-state index is 6.34. The van der Waals surface area contributed by atoms with Crippen molar-refractivity contribution in [3.05, 3.63) is 44.9 Å². The van der Waals surface area contributed by atoms with Crippen molar-refractivity contribution in [3.63, 3.8) is 0 Å². The van der Waals surface area contributed by atoms with Crippen LogP contribution in [-0.4, -0.2) is 14.8 Å². The molecule has 0 radical (unpaired) electrons. The number of rotatable bonds is 5. The third kappa shape index (κ3) is 3.20. The van der Waals surface area contributed by atoms with Crippen LogP contribution < -0.4 is 11.3 Å². The fraction of sp³-hybridized carbons (Fsp3) is 0.385. The van der Waals surface area contributed by atoms with Crippen LogP contribution in [0.25, 0.3) is 0 Å². The molecule has 2 aromatic heterocycles. The SMILES string of the molecule is CCn1nc(C)c(Cl)c1CC(NN)c1cncc(Br)c1. The highest BCUT2D eigenvalue weighted by atomic mass is 79.9. The Kier molecular flexibility index (Phi) is 5.15. The molecule has 0 aliphatic rings. The Balaban J connectivity index is 2.31. The van der Waals surface area contributed by atoms with Crippen molar-refractivity contribution in [1.29, 1.82) is 0 Å². The average molecular weight is 359 g/mol. The molecule has 0 bridgehead atoms. The van der Waals surface area contributed by atoms with Crippen LogP contribution in [-0.2, 0) is 13.0 Å². The van der Waals surface area contributed by atoms with Crippen molar-refractivity contribution in [1.82, 2.24) is 20.2 Å². The number of aryl methyl sites for hydroxylation is 2. The summed E-state index contributed by atoms with van der Waals surface area (Å²) in [5.74, 6) is 5.69. The quantitative estimate of drug-likeness (QED) is 0.637. The lowest BCUT2D eigenvalue weighted by molar-refractivity contribution is 0.515. The molecule has 108 valence electrons. The van der Waals surface area contributed by atoms with E-state index in [1.54, 1.807) is 12.4 Å². The highest BCUT2D eigenvalue weighted by Gasteiger charge is 2.19. The van der Waals surface area contributed by atoms with Gasteiger partial charge in [-0.3, -0.25) is 20.9 Å². The van der Waals surface area contributed by atoms with E-state index in [-0.39, 0.29) is 6.04 Å². The number of aromatic nitrogens is 3. The number of hydrazine groups is 1. The van der Waals surface area contributed by atoms with E-state index < -0.39 is 0 Å². The molecule has 7 heteroatoms. The summed E-state index contributed by atoms with van der Waals surface area (Å²) in [4.78, 5) is 4.17. The molecule has 0 saturated carbocycles. The molecule has 1 atom stereocenters. The van der Waals surface area contributed by atoms with Crippen molar-refractivity contribution < 1.29 is 0 Å². The van der Waals surface area contributed by atoms with Crippen molar-refractivity contribution in [3.8, 4) is 0 Å². The van der Waals surface area contributed by atoms with Gasteiger partial charge in [-0.05, 0) is 41.4 Å². The van der Waals surface area contributed by atoms with Crippen LogP contribution in [0.4, 0.5) is 0 Å². The zero-order valence-electron chi connectivity index (χ0n) is 11.4. The molecule has 2 heterocycles. The van der Waals surface area contributed by atoms with Gasteiger partial charge in [-0.2, -0.15) is 5.10 Å². The molecule has 0 saturated heterocycles. The smallest absolute Gasteiger partial charge is 0.0847 e. The van der Waals surface area contributed by atoms with E-state index >= 15 is 0 Å². The van der Waals surface area contributed by atoms with E-state index in [0.717, 1.165) is 28.0 Å². The molecule has 0 aliphatic heterocycles. The topological polar surface area (TPSA) is 68.8 Å². The molecule has 2 rings (SSSR count). The normalized spacial score (nSPS) is 12.7. The molecule has 0 fully saturated rings. The van der Waals surface area contributed by atoms with Crippen LogP contribution in [0.2, 0.25) is 5.02 Å². The van der Waals surface area contributed by atoms with E-state index in [9.17, 15) is 0 Å². The van der Waals surface area contributed by atoms with Gasteiger partial charge in [-0.1, -0.05) is 11.6 Å². The summed E-state index contributed by atoms with van der Waals surface area (Å²) in [5.41, 5.74) is 5.64. The summed E-state index contributed by atoms with van der Waals surface area (Å²) in [6.45, 7) is 4.72. The summed E-state index contributed by atoms with van der Waals surface area (Å²) >= 11 is 9.75. The highest BCUT2D eigenvalue weighted by molar-refractivity contribution is 9.10. The lowest BCUT2D eigenvalue weighted by Crippen LogP contribution is -2.30. The Morgan fingerprint density at radius 3 is 2.85 bits per heavy atom. The van der Waals surface area contributed by atoms with Gasteiger partial charge >= 0.3 is 0 Å². The van der Waals surface area contributed by atoms with Gasteiger partial charge < -0.3 is 0 Å². The molecular formula is C13H17BrClN5. The minimum Gasteiger partial charge on any atom is -0.271 e. The van der Waals surface area contributed by atoms with Crippen molar-refractivity contribution >= 4 is 27.5 Å². The molecule has 1 unspecified atom stereocenters. The van der Waals surface area contributed by atoms with Crippen LogP contribution in [0.1, 0.15) is 29.9 Å². The first kappa shape index (κ1) is 15.4. The fourth-order valence-corrected chi connectivity index (χ4v) is 2.74. The first-order valence-electron chi connectivity index (χ1n) is 6.35. The predicted molar refractivity (Wildman–Crippen MR) is 83.4 cm³/mol. The first-order valence-corrected chi connectivity index (χ1v) is 7.52. The zero-order chi connectivity index (χ0) is 14.7. The molecule has 3 N–H and O–H groups in total. The second-order valence-electron chi connectivity index (χ2n) is 4.52.